The number of Topliss-reactive ketones (excluding diaryl/α,β-unsaturated/α-hetero) is 1. The van der Waals surface area contributed by atoms with Crippen molar-refractivity contribution in [3.8, 4) is 0 Å². The Bertz CT molecular complexity index is 1410. The zero-order valence-corrected chi connectivity index (χ0v) is 29.2. The van der Waals surface area contributed by atoms with E-state index in [0.717, 1.165) is 88.9 Å². The number of allylic oxidation sites excluding steroid dienone is 2. The van der Waals surface area contributed by atoms with Crippen molar-refractivity contribution in [2.24, 2.45) is 16.9 Å². The van der Waals surface area contributed by atoms with Crippen LogP contribution >= 0.6 is 0 Å². The monoisotopic (exact) mass is 644 g/mol. The van der Waals surface area contributed by atoms with Gasteiger partial charge in [0.1, 0.15) is 5.76 Å². The third-order valence-corrected chi connectivity index (χ3v) is 10.6. The first-order chi connectivity index (χ1) is 22.7. The van der Waals surface area contributed by atoms with Crippen LogP contribution in [0.5, 0.6) is 0 Å². The summed E-state index contributed by atoms with van der Waals surface area (Å²) in [5, 5.41) is 20.9. The van der Waals surface area contributed by atoms with Crippen molar-refractivity contribution in [3.63, 3.8) is 0 Å². The number of nitrogens with zero attached hydrogens (tertiary/aromatic N) is 3. The zero-order chi connectivity index (χ0) is 33.5. The molecule has 47 heavy (non-hydrogen) atoms. The van der Waals surface area contributed by atoms with E-state index >= 15 is 0 Å². The molecular formula is C39H56N4O4. The number of rotatable bonds is 15. The number of ketones is 1. The van der Waals surface area contributed by atoms with Gasteiger partial charge in [-0.25, -0.2) is 5.01 Å². The van der Waals surface area contributed by atoms with Gasteiger partial charge in [-0.2, -0.15) is 5.10 Å². The normalized spacial score (nSPS) is 20.8. The largest absolute Gasteiger partial charge is 0.506 e. The van der Waals surface area contributed by atoms with Crippen LogP contribution in [0.2, 0.25) is 0 Å². The number of carbonyl (C=O) groups excluding carboxylic acids is 3. The van der Waals surface area contributed by atoms with E-state index in [-0.39, 0.29) is 52.0 Å². The van der Waals surface area contributed by atoms with Gasteiger partial charge in [-0.05, 0) is 62.6 Å². The van der Waals surface area contributed by atoms with E-state index in [2.05, 4.69) is 24.1 Å². The maximum absolute atomic E-state index is 14.0. The Hall–Kier alpha value is -3.42. The molecule has 8 nitrogen and oxygen atoms in total. The van der Waals surface area contributed by atoms with E-state index < -0.39 is 0 Å². The van der Waals surface area contributed by atoms with Gasteiger partial charge < -0.3 is 15.3 Å². The highest BCUT2D eigenvalue weighted by Crippen LogP contribution is 2.44. The molecule has 0 radical (unpaired) electrons. The fourth-order valence-electron chi connectivity index (χ4n) is 7.79. The summed E-state index contributed by atoms with van der Waals surface area (Å²) in [5.41, 5.74) is 3.00. The van der Waals surface area contributed by atoms with E-state index in [1.165, 1.54) is 32.1 Å². The molecule has 0 unspecified atom stereocenters. The van der Waals surface area contributed by atoms with Crippen LogP contribution < -0.4 is 10.2 Å². The van der Waals surface area contributed by atoms with Gasteiger partial charge in [-0.1, -0.05) is 91.4 Å². The number of hydrazone groups is 1. The maximum atomic E-state index is 14.0. The highest BCUT2D eigenvalue weighted by atomic mass is 16.3. The number of aliphatic hydroxyl groups excluding tert-OH is 1. The van der Waals surface area contributed by atoms with Gasteiger partial charge in [0.2, 0.25) is 11.7 Å². The lowest BCUT2D eigenvalue weighted by Gasteiger charge is -2.29. The minimum Gasteiger partial charge on any atom is -0.506 e. The number of amides is 2. The molecule has 2 N–H and O–H groups in total. The van der Waals surface area contributed by atoms with Crippen molar-refractivity contribution in [1.29, 1.82) is 0 Å². The summed E-state index contributed by atoms with van der Waals surface area (Å²) in [6.45, 7) is 10.0. The molecule has 1 aromatic carbocycles. The second-order valence-corrected chi connectivity index (χ2v) is 14.3. The van der Waals surface area contributed by atoms with Gasteiger partial charge in [-0.15, -0.1) is 0 Å². The minimum atomic E-state index is -0.374. The molecule has 0 spiro atoms. The average molecular weight is 645 g/mol. The Kier molecular flexibility index (Phi) is 12.0. The molecule has 2 amide bonds. The van der Waals surface area contributed by atoms with Crippen LogP contribution in [0.3, 0.4) is 0 Å². The molecule has 4 aliphatic rings. The van der Waals surface area contributed by atoms with E-state index in [9.17, 15) is 19.5 Å². The first kappa shape index (κ1) is 34.9. The highest BCUT2D eigenvalue weighted by molar-refractivity contribution is 6.44. The van der Waals surface area contributed by atoms with E-state index in [1.54, 1.807) is 5.01 Å². The lowest BCUT2D eigenvalue weighted by atomic mass is 9.78. The fraction of sp³-hybridized carbons (Fsp3) is 0.641. The van der Waals surface area contributed by atoms with Crippen molar-refractivity contribution < 1.29 is 19.5 Å². The number of hydrogen-bond acceptors (Lipinski definition) is 6. The molecule has 5 rings (SSSR count). The zero-order valence-electron chi connectivity index (χ0n) is 29.2. The van der Waals surface area contributed by atoms with Crippen molar-refractivity contribution in [2.45, 2.75) is 136 Å². The van der Waals surface area contributed by atoms with E-state index in [1.807, 2.05) is 32.0 Å². The summed E-state index contributed by atoms with van der Waals surface area (Å²) >= 11 is 0. The SMILES string of the molecule is CCCCCCCC(=O)Nc1cc(N(CC)CCC2CCCC2)ccc1C1=C(O)/C(=C2\C(=O)N(C3CCCCC3)N=C2C(C)C)C1=O. The van der Waals surface area contributed by atoms with Crippen molar-refractivity contribution >= 4 is 40.3 Å². The maximum Gasteiger partial charge on any atom is 0.277 e. The van der Waals surface area contributed by atoms with Gasteiger partial charge in [0.25, 0.3) is 5.91 Å². The van der Waals surface area contributed by atoms with E-state index in [0.29, 0.717) is 23.4 Å². The second-order valence-electron chi connectivity index (χ2n) is 14.3. The first-order valence-corrected chi connectivity index (χ1v) is 18.6. The molecule has 3 aliphatic carbocycles. The average Bonchev–Trinajstić information content (AvgIpc) is 3.71. The molecule has 1 heterocycles. The summed E-state index contributed by atoms with van der Waals surface area (Å²) in [4.78, 5) is 43.3. The van der Waals surface area contributed by atoms with Gasteiger partial charge in [0, 0.05) is 30.8 Å². The summed E-state index contributed by atoms with van der Waals surface area (Å²) in [6.07, 6.45) is 17.1. The van der Waals surface area contributed by atoms with Crippen molar-refractivity contribution in [3.05, 3.63) is 40.7 Å². The molecule has 0 atom stereocenters. The molecule has 2 saturated carbocycles. The molecule has 0 aromatic heterocycles. The standard InChI is InChI=1S/C39H56N4O4/c1-5-7-8-9-13-20-32(44)40-31-25-29(42(6-2)24-23-27-16-14-15-17-27)21-22-30(31)33-37(45)35(38(33)46)34-36(26(3)4)41-43(39(34)47)28-18-11-10-12-19-28/h21-22,25-28,45H,5-20,23-24H2,1-4H3,(H,40,44)/b35-34+. The van der Waals surface area contributed by atoms with Gasteiger partial charge >= 0.3 is 0 Å². The van der Waals surface area contributed by atoms with Crippen LogP contribution in [-0.2, 0) is 14.4 Å². The smallest absolute Gasteiger partial charge is 0.277 e. The highest BCUT2D eigenvalue weighted by Gasteiger charge is 2.46. The van der Waals surface area contributed by atoms with Crippen LogP contribution in [-0.4, -0.2) is 52.6 Å². The first-order valence-electron chi connectivity index (χ1n) is 18.6. The number of unbranched alkanes of at least 4 members (excludes halogenated alkanes) is 4. The van der Waals surface area contributed by atoms with Crippen LogP contribution in [0.15, 0.2) is 40.2 Å². The Labute approximate surface area is 281 Å². The van der Waals surface area contributed by atoms with Crippen LogP contribution in [0.4, 0.5) is 11.4 Å². The van der Waals surface area contributed by atoms with Gasteiger partial charge in [0.05, 0.1) is 34.2 Å². The van der Waals surface area contributed by atoms with Gasteiger partial charge in [0.15, 0.2) is 0 Å². The molecule has 2 fully saturated rings. The molecule has 1 aromatic rings. The molecule has 8 heteroatoms. The number of hydrogen-bond donors (Lipinski definition) is 2. The predicted octanol–water partition coefficient (Wildman–Crippen LogP) is 8.73. The number of benzene rings is 1. The summed E-state index contributed by atoms with van der Waals surface area (Å²) in [5.74, 6) is -0.266. The summed E-state index contributed by atoms with van der Waals surface area (Å²) in [6, 6.07) is 5.81. The third-order valence-electron chi connectivity index (χ3n) is 10.6. The van der Waals surface area contributed by atoms with Crippen LogP contribution in [0.25, 0.3) is 5.57 Å². The quantitative estimate of drug-likeness (QED) is 0.147. The van der Waals surface area contributed by atoms with Crippen molar-refractivity contribution in [2.75, 3.05) is 23.3 Å². The Balaban J connectivity index is 1.45. The van der Waals surface area contributed by atoms with Crippen LogP contribution in [0.1, 0.15) is 136 Å². The molecular weight excluding hydrogens is 588 g/mol. The Morgan fingerprint density at radius 1 is 0.957 bits per heavy atom. The van der Waals surface area contributed by atoms with Crippen molar-refractivity contribution in [1.82, 2.24) is 5.01 Å². The van der Waals surface area contributed by atoms with Crippen LogP contribution in [0, 0.1) is 11.8 Å². The van der Waals surface area contributed by atoms with Gasteiger partial charge in [-0.3, -0.25) is 14.4 Å². The molecule has 256 valence electrons. The van der Waals surface area contributed by atoms with E-state index in [4.69, 9.17) is 5.10 Å². The molecule has 1 aliphatic heterocycles. The second kappa shape index (κ2) is 16.1. The topological polar surface area (TPSA) is 102 Å². The lowest BCUT2D eigenvalue weighted by molar-refractivity contribution is -0.128. The number of carbonyl (C=O) groups is 3. The third kappa shape index (κ3) is 7.84. The molecule has 0 bridgehead atoms. The molecule has 0 saturated heterocycles. The minimum absolute atomic E-state index is 0.0235. The number of aliphatic hydroxyl groups is 1. The lowest BCUT2D eigenvalue weighted by Crippen LogP contribution is -2.36. The predicted molar refractivity (Wildman–Crippen MR) is 190 cm³/mol. The Morgan fingerprint density at radius 2 is 1.66 bits per heavy atom. The summed E-state index contributed by atoms with van der Waals surface area (Å²) < 4.78 is 0. The summed E-state index contributed by atoms with van der Waals surface area (Å²) in [7, 11) is 0. The number of anilines is 2. The fourth-order valence-corrected chi connectivity index (χ4v) is 7.79. The number of nitrogens with one attached hydrogen (secondary N) is 1. The Morgan fingerprint density at radius 3 is 2.32 bits per heavy atom.